The highest BCUT2D eigenvalue weighted by molar-refractivity contribution is 6.33. The summed E-state index contributed by atoms with van der Waals surface area (Å²) in [5, 5.41) is 10.1. The second-order valence-corrected chi connectivity index (χ2v) is 17.3. The van der Waals surface area contributed by atoms with E-state index >= 15 is 0 Å². The number of fused-ring (bicyclic) bond motifs is 4. The molecule has 0 saturated heterocycles. The maximum absolute atomic E-state index is 2.50. The highest BCUT2D eigenvalue weighted by Crippen LogP contribution is 2.48. The minimum atomic E-state index is 1.12. The molecular weight excluding hydrogens is 797 g/mol. The van der Waals surface area contributed by atoms with Gasteiger partial charge in [0.05, 0.1) is 11.0 Å². The first-order chi connectivity index (χ1) is 32.7. The first kappa shape index (κ1) is 37.8. The Balaban J connectivity index is 1.03. The monoisotopic (exact) mass is 838 g/mol. The summed E-state index contributed by atoms with van der Waals surface area (Å²) < 4.78 is 2.50. The molecule has 0 unspecified atom stereocenters. The second-order valence-electron chi connectivity index (χ2n) is 17.3. The molecule has 0 saturated carbocycles. The van der Waals surface area contributed by atoms with E-state index in [2.05, 4.69) is 264 Å². The standard InChI is InChI=1S/C64H42N2/c1-6-17-43(18-7-1)48-39-49(44-19-8-2-9-20-44)41-50(40-48)56-27-16-28-60-63(56)59-42-47-30-29-46-33-36-55(57-37-38-58(62(47)61(46)57)64(59)66(60)53-25-14-5-15-26-53)45-31-34-54(35-32-45)65(51-21-10-3-11-22-51)52-23-12-4-13-24-52/h1-42H. The van der Waals surface area contributed by atoms with Crippen molar-refractivity contribution in [3.05, 3.63) is 255 Å². The third-order valence-electron chi connectivity index (χ3n) is 13.5. The van der Waals surface area contributed by atoms with Gasteiger partial charge in [0, 0.05) is 38.9 Å². The summed E-state index contributed by atoms with van der Waals surface area (Å²) in [5.41, 5.74) is 16.6. The van der Waals surface area contributed by atoms with Crippen molar-refractivity contribution >= 4 is 71.2 Å². The van der Waals surface area contributed by atoms with Crippen LogP contribution >= 0.6 is 0 Å². The van der Waals surface area contributed by atoms with Crippen LogP contribution in [0.3, 0.4) is 0 Å². The van der Waals surface area contributed by atoms with Crippen molar-refractivity contribution in [2.45, 2.75) is 0 Å². The molecule has 0 amide bonds. The maximum Gasteiger partial charge on any atom is 0.0620 e. The molecule has 2 nitrogen and oxygen atoms in total. The Hall–Kier alpha value is -8.72. The number of nitrogens with zero attached hydrogens (tertiary/aromatic N) is 2. The van der Waals surface area contributed by atoms with Crippen molar-refractivity contribution in [2.75, 3.05) is 4.90 Å². The van der Waals surface area contributed by atoms with Crippen LogP contribution in [-0.4, -0.2) is 4.57 Å². The zero-order valence-corrected chi connectivity index (χ0v) is 36.1. The molecule has 12 aromatic carbocycles. The third-order valence-corrected chi connectivity index (χ3v) is 13.5. The molecule has 0 bridgehead atoms. The Kier molecular flexibility index (Phi) is 8.89. The first-order valence-electron chi connectivity index (χ1n) is 22.8. The number of hydrogen-bond acceptors (Lipinski definition) is 1. The van der Waals surface area contributed by atoms with Gasteiger partial charge in [-0.25, -0.2) is 0 Å². The summed E-state index contributed by atoms with van der Waals surface area (Å²) >= 11 is 0. The van der Waals surface area contributed by atoms with Gasteiger partial charge in [-0.2, -0.15) is 0 Å². The topological polar surface area (TPSA) is 8.17 Å². The summed E-state index contributed by atoms with van der Waals surface area (Å²) in [4.78, 5) is 2.32. The van der Waals surface area contributed by atoms with Crippen LogP contribution in [-0.2, 0) is 0 Å². The van der Waals surface area contributed by atoms with Gasteiger partial charge in [0.15, 0.2) is 0 Å². The Morgan fingerprint density at radius 2 is 0.788 bits per heavy atom. The molecule has 2 heteroatoms. The van der Waals surface area contributed by atoms with Crippen molar-refractivity contribution in [3.8, 4) is 50.2 Å². The zero-order valence-electron chi connectivity index (χ0n) is 36.1. The number of para-hydroxylation sites is 3. The molecule has 0 aliphatic carbocycles. The van der Waals surface area contributed by atoms with E-state index in [0.717, 1.165) is 22.7 Å². The zero-order chi connectivity index (χ0) is 43.6. The second kappa shape index (κ2) is 15.5. The van der Waals surface area contributed by atoms with E-state index in [1.54, 1.807) is 0 Å². The summed E-state index contributed by atoms with van der Waals surface area (Å²) in [6, 6.07) is 93.1. The number of hydrogen-bond donors (Lipinski definition) is 0. The van der Waals surface area contributed by atoms with Gasteiger partial charge < -0.3 is 9.47 Å². The number of anilines is 3. The van der Waals surface area contributed by atoms with Crippen molar-refractivity contribution < 1.29 is 0 Å². The van der Waals surface area contributed by atoms with Crippen LogP contribution in [0.15, 0.2) is 255 Å². The van der Waals surface area contributed by atoms with Crippen LogP contribution < -0.4 is 4.90 Å². The fraction of sp³-hybridized carbons (Fsp3) is 0. The molecule has 0 aliphatic heterocycles. The highest BCUT2D eigenvalue weighted by Gasteiger charge is 2.23. The predicted molar refractivity (Wildman–Crippen MR) is 281 cm³/mol. The lowest BCUT2D eigenvalue weighted by Crippen LogP contribution is -2.09. The van der Waals surface area contributed by atoms with E-state index in [0.29, 0.717) is 0 Å². The van der Waals surface area contributed by atoms with Gasteiger partial charge in [-0.15, -0.1) is 0 Å². The molecule has 0 fully saturated rings. The fourth-order valence-corrected chi connectivity index (χ4v) is 10.5. The van der Waals surface area contributed by atoms with E-state index < -0.39 is 0 Å². The van der Waals surface area contributed by atoms with Gasteiger partial charge in [-0.3, -0.25) is 0 Å². The number of rotatable bonds is 8. The van der Waals surface area contributed by atoms with Crippen molar-refractivity contribution in [1.29, 1.82) is 0 Å². The Morgan fingerprint density at radius 1 is 0.273 bits per heavy atom. The Labute approximate surface area is 383 Å². The fourth-order valence-electron chi connectivity index (χ4n) is 10.5. The molecule has 1 aromatic heterocycles. The van der Waals surface area contributed by atoms with E-state index in [1.165, 1.54) is 98.6 Å². The Morgan fingerprint density at radius 3 is 1.42 bits per heavy atom. The molecule has 0 aliphatic rings. The lowest BCUT2D eigenvalue weighted by atomic mass is 9.88. The highest BCUT2D eigenvalue weighted by atomic mass is 15.1. The lowest BCUT2D eigenvalue weighted by molar-refractivity contribution is 1.19. The largest absolute Gasteiger partial charge is 0.311 e. The molecule has 66 heavy (non-hydrogen) atoms. The minimum Gasteiger partial charge on any atom is -0.311 e. The summed E-state index contributed by atoms with van der Waals surface area (Å²) in [6.07, 6.45) is 0. The number of benzene rings is 12. The van der Waals surface area contributed by atoms with Gasteiger partial charge in [0.1, 0.15) is 0 Å². The van der Waals surface area contributed by atoms with Gasteiger partial charge in [0.2, 0.25) is 0 Å². The predicted octanol–water partition coefficient (Wildman–Crippen LogP) is 17.8. The molecule has 308 valence electrons. The molecular formula is C64H42N2. The van der Waals surface area contributed by atoms with Crippen LogP contribution in [0.2, 0.25) is 0 Å². The van der Waals surface area contributed by atoms with Crippen LogP contribution in [0, 0.1) is 0 Å². The van der Waals surface area contributed by atoms with E-state index in [-0.39, 0.29) is 0 Å². The quantitative estimate of drug-likeness (QED) is 0.138. The summed E-state index contributed by atoms with van der Waals surface area (Å²) in [7, 11) is 0. The molecule has 13 rings (SSSR count). The lowest BCUT2D eigenvalue weighted by Gasteiger charge is -2.25. The van der Waals surface area contributed by atoms with Crippen LogP contribution in [0.25, 0.3) is 104 Å². The van der Waals surface area contributed by atoms with Gasteiger partial charge in [-0.05, 0) is 150 Å². The summed E-state index contributed by atoms with van der Waals surface area (Å²) in [5.74, 6) is 0. The third kappa shape index (κ3) is 6.18. The molecule has 0 spiro atoms. The average molecular weight is 839 g/mol. The first-order valence-corrected chi connectivity index (χ1v) is 22.8. The molecule has 0 N–H and O–H groups in total. The maximum atomic E-state index is 2.50. The molecule has 0 atom stereocenters. The van der Waals surface area contributed by atoms with Crippen LogP contribution in [0.4, 0.5) is 17.1 Å². The van der Waals surface area contributed by atoms with Crippen molar-refractivity contribution in [2.24, 2.45) is 0 Å². The minimum absolute atomic E-state index is 1.12. The normalized spacial score (nSPS) is 11.6. The van der Waals surface area contributed by atoms with Crippen molar-refractivity contribution in [3.63, 3.8) is 0 Å². The summed E-state index contributed by atoms with van der Waals surface area (Å²) in [6.45, 7) is 0. The van der Waals surface area contributed by atoms with Gasteiger partial charge in [0.25, 0.3) is 0 Å². The SMILES string of the molecule is c1ccc(-c2cc(-c3ccccc3)cc(-c3cccc4c3c3cc5ccc6ccc(-c7ccc(N(c8ccccc8)c8ccccc8)cc7)c7ccc(c5c67)c3n4-c3ccccc3)c2)cc1. The van der Waals surface area contributed by atoms with E-state index in [9.17, 15) is 0 Å². The molecule has 1 heterocycles. The van der Waals surface area contributed by atoms with E-state index in [4.69, 9.17) is 0 Å². The average Bonchev–Trinajstić information content (AvgIpc) is 3.74. The van der Waals surface area contributed by atoms with Crippen LogP contribution in [0.5, 0.6) is 0 Å². The van der Waals surface area contributed by atoms with Crippen molar-refractivity contribution in [1.82, 2.24) is 4.57 Å². The van der Waals surface area contributed by atoms with E-state index in [1.807, 2.05) is 0 Å². The number of aromatic nitrogens is 1. The Bertz CT molecular complexity index is 3780. The van der Waals surface area contributed by atoms with Gasteiger partial charge in [-0.1, -0.05) is 176 Å². The van der Waals surface area contributed by atoms with Gasteiger partial charge >= 0.3 is 0 Å². The molecule has 0 radical (unpaired) electrons. The molecule has 13 aromatic rings. The van der Waals surface area contributed by atoms with Crippen LogP contribution in [0.1, 0.15) is 0 Å². The smallest absolute Gasteiger partial charge is 0.0620 e.